The lowest BCUT2D eigenvalue weighted by molar-refractivity contribution is -0.0349. The Morgan fingerprint density at radius 1 is 1.45 bits per heavy atom. The highest BCUT2D eigenvalue weighted by Crippen LogP contribution is 2.27. The van der Waals surface area contributed by atoms with Crippen molar-refractivity contribution in [3.63, 3.8) is 0 Å². The van der Waals surface area contributed by atoms with Crippen LogP contribution in [0.1, 0.15) is 32.6 Å². The van der Waals surface area contributed by atoms with Crippen LogP contribution in [-0.2, 0) is 11.2 Å². The van der Waals surface area contributed by atoms with Crippen LogP contribution >= 0.6 is 0 Å². The first-order chi connectivity index (χ1) is 9.72. The van der Waals surface area contributed by atoms with Gasteiger partial charge in [0.15, 0.2) is 5.82 Å². The molecule has 1 aliphatic rings. The zero-order valence-corrected chi connectivity index (χ0v) is 11.9. The van der Waals surface area contributed by atoms with Gasteiger partial charge < -0.3 is 14.2 Å². The van der Waals surface area contributed by atoms with E-state index in [1.165, 1.54) is 0 Å². The summed E-state index contributed by atoms with van der Waals surface area (Å²) >= 11 is 0. The van der Waals surface area contributed by atoms with Crippen LogP contribution < -0.4 is 0 Å². The number of ether oxygens (including phenoxy) is 1. The molecule has 1 N–H and O–H groups in total. The molecule has 2 aromatic rings. The number of hydrogen-bond donors (Lipinski definition) is 1. The summed E-state index contributed by atoms with van der Waals surface area (Å²) in [7, 11) is 0. The zero-order valence-electron chi connectivity index (χ0n) is 11.9. The second kappa shape index (κ2) is 5.75. The first kappa shape index (κ1) is 13.3. The van der Waals surface area contributed by atoms with Crippen LogP contribution in [0.3, 0.4) is 0 Å². The Labute approximate surface area is 117 Å². The fraction of sp³-hybridized carbons (Fsp3) is 0.643. The van der Waals surface area contributed by atoms with Gasteiger partial charge in [0.05, 0.1) is 6.10 Å². The van der Waals surface area contributed by atoms with Crippen LogP contribution in [-0.4, -0.2) is 32.8 Å². The number of aromatic nitrogens is 4. The van der Waals surface area contributed by atoms with Crippen LogP contribution in [0, 0.1) is 11.8 Å². The Morgan fingerprint density at radius 3 is 3.10 bits per heavy atom. The van der Waals surface area contributed by atoms with Gasteiger partial charge >= 0.3 is 0 Å². The summed E-state index contributed by atoms with van der Waals surface area (Å²) in [5, 5.41) is 3.97. The Balaban J connectivity index is 1.63. The van der Waals surface area contributed by atoms with Crippen LogP contribution in [0.2, 0.25) is 0 Å². The summed E-state index contributed by atoms with van der Waals surface area (Å²) < 4.78 is 11.1. The van der Waals surface area contributed by atoms with E-state index < -0.39 is 0 Å². The molecular formula is C14H20N4O2. The molecule has 0 saturated carbocycles. The maximum Gasteiger partial charge on any atom is 0.238 e. The minimum atomic E-state index is 0.348. The molecule has 0 bridgehead atoms. The van der Waals surface area contributed by atoms with Crippen molar-refractivity contribution in [1.82, 2.24) is 20.1 Å². The van der Waals surface area contributed by atoms with E-state index >= 15 is 0 Å². The van der Waals surface area contributed by atoms with Crippen molar-refractivity contribution in [1.29, 1.82) is 0 Å². The molecule has 0 aromatic carbocycles. The summed E-state index contributed by atoms with van der Waals surface area (Å²) in [5.74, 6) is 2.97. The predicted octanol–water partition coefficient (Wildman–Crippen LogP) is 2.45. The molecule has 0 aliphatic carbocycles. The van der Waals surface area contributed by atoms with Gasteiger partial charge in [-0.3, -0.25) is 0 Å². The molecule has 2 aromatic heterocycles. The zero-order chi connectivity index (χ0) is 13.9. The Bertz CT molecular complexity index is 535. The molecule has 0 radical (unpaired) electrons. The number of imidazole rings is 1. The molecule has 0 amide bonds. The van der Waals surface area contributed by atoms with Crippen molar-refractivity contribution in [2.45, 2.75) is 39.2 Å². The fourth-order valence-electron chi connectivity index (χ4n) is 2.62. The van der Waals surface area contributed by atoms with E-state index in [2.05, 4.69) is 34.0 Å². The molecule has 1 saturated heterocycles. The van der Waals surface area contributed by atoms with Crippen molar-refractivity contribution < 1.29 is 9.26 Å². The first-order valence-corrected chi connectivity index (χ1v) is 7.16. The summed E-state index contributed by atoms with van der Waals surface area (Å²) in [6.45, 7) is 5.23. The van der Waals surface area contributed by atoms with E-state index in [1.54, 1.807) is 12.4 Å². The van der Waals surface area contributed by atoms with Crippen molar-refractivity contribution >= 4 is 0 Å². The van der Waals surface area contributed by atoms with Crippen molar-refractivity contribution in [3.8, 4) is 11.6 Å². The van der Waals surface area contributed by atoms with Crippen LogP contribution in [0.15, 0.2) is 16.9 Å². The summed E-state index contributed by atoms with van der Waals surface area (Å²) in [6, 6.07) is 0. The highest BCUT2D eigenvalue weighted by Gasteiger charge is 2.26. The molecule has 3 heterocycles. The van der Waals surface area contributed by atoms with E-state index in [1.807, 2.05) is 0 Å². The van der Waals surface area contributed by atoms with E-state index in [-0.39, 0.29) is 0 Å². The highest BCUT2D eigenvalue weighted by molar-refractivity contribution is 5.40. The fourth-order valence-corrected chi connectivity index (χ4v) is 2.62. The first-order valence-electron chi connectivity index (χ1n) is 7.16. The van der Waals surface area contributed by atoms with Gasteiger partial charge in [0.25, 0.3) is 0 Å². The second-order valence-corrected chi connectivity index (χ2v) is 5.70. The van der Waals surface area contributed by atoms with Gasteiger partial charge in [0, 0.05) is 25.4 Å². The van der Waals surface area contributed by atoms with Gasteiger partial charge in [-0.1, -0.05) is 19.0 Å². The van der Waals surface area contributed by atoms with Crippen molar-refractivity contribution in [2.24, 2.45) is 11.8 Å². The van der Waals surface area contributed by atoms with Gasteiger partial charge in [-0.05, 0) is 24.7 Å². The monoisotopic (exact) mass is 276 g/mol. The Morgan fingerprint density at radius 2 is 2.35 bits per heavy atom. The van der Waals surface area contributed by atoms with Crippen molar-refractivity contribution in [3.05, 3.63) is 18.3 Å². The average Bonchev–Trinajstić information content (AvgIpc) is 3.09. The normalized spacial score (nSPS) is 23.4. The van der Waals surface area contributed by atoms with Gasteiger partial charge in [-0.15, -0.1) is 0 Å². The molecule has 108 valence electrons. The lowest BCUT2D eigenvalue weighted by Gasteiger charge is -2.31. The summed E-state index contributed by atoms with van der Waals surface area (Å²) in [6.07, 6.45) is 6.72. The van der Waals surface area contributed by atoms with E-state index in [4.69, 9.17) is 9.26 Å². The molecule has 3 rings (SSSR count). The minimum Gasteiger partial charge on any atom is -0.378 e. The molecule has 2 atom stereocenters. The number of aromatic amines is 1. The Hall–Kier alpha value is -1.69. The van der Waals surface area contributed by atoms with Crippen LogP contribution in [0.25, 0.3) is 11.6 Å². The number of H-pyrrole nitrogens is 1. The summed E-state index contributed by atoms with van der Waals surface area (Å²) in [4.78, 5) is 11.5. The second-order valence-electron chi connectivity index (χ2n) is 5.70. The van der Waals surface area contributed by atoms with Crippen molar-refractivity contribution in [2.75, 3.05) is 6.61 Å². The maximum absolute atomic E-state index is 5.79. The Kier molecular flexibility index (Phi) is 3.82. The smallest absolute Gasteiger partial charge is 0.238 e. The third-order valence-electron chi connectivity index (χ3n) is 3.81. The van der Waals surface area contributed by atoms with E-state index in [0.717, 1.165) is 25.9 Å². The van der Waals surface area contributed by atoms with E-state index in [0.29, 0.717) is 35.5 Å². The van der Waals surface area contributed by atoms with Crippen LogP contribution in [0.5, 0.6) is 0 Å². The highest BCUT2D eigenvalue weighted by atomic mass is 16.5. The third kappa shape index (κ3) is 2.90. The van der Waals surface area contributed by atoms with Gasteiger partial charge in [0.1, 0.15) is 0 Å². The van der Waals surface area contributed by atoms with Gasteiger partial charge in [-0.2, -0.15) is 4.98 Å². The number of hydrogen-bond acceptors (Lipinski definition) is 5. The van der Waals surface area contributed by atoms with Gasteiger partial charge in [0.2, 0.25) is 11.7 Å². The van der Waals surface area contributed by atoms with Gasteiger partial charge in [-0.25, -0.2) is 4.98 Å². The number of nitrogens with one attached hydrogen (secondary N) is 1. The molecule has 6 nitrogen and oxygen atoms in total. The molecule has 1 aliphatic heterocycles. The molecule has 0 spiro atoms. The number of rotatable bonds is 4. The van der Waals surface area contributed by atoms with E-state index in [9.17, 15) is 0 Å². The largest absolute Gasteiger partial charge is 0.378 e. The molecule has 1 fully saturated rings. The predicted molar refractivity (Wildman–Crippen MR) is 72.9 cm³/mol. The lowest BCUT2D eigenvalue weighted by atomic mass is 9.88. The molecule has 20 heavy (non-hydrogen) atoms. The standard InChI is InChI=1S/C14H20N4O2/c1-9(2)11-7-10(3-6-19-11)8-12-17-14(18-20-12)13-15-4-5-16-13/h4-5,9-11H,3,6-8H2,1-2H3,(H,15,16). The lowest BCUT2D eigenvalue weighted by Crippen LogP contribution is -2.30. The van der Waals surface area contributed by atoms with Crippen LogP contribution in [0.4, 0.5) is 0 Å². The molecule has 2 unspecified atom stereocenters. The summed E-state index contributed by atoms with van der Waals surface area (Å²) in [5.41, 5.74) is 0. The average molecular weight is 276 g/mol. The quantitative estimate of drug-likeness (QED) is 0.928. The number of nitrogens with zero attached hydrogens (tertiary/aromatic N) is 3. The minimum absolute atomic E-state index is 0.348. The third-order valence-corrected chi connectivity index (χ3v) is 3.81. The topological polar surface area (TPSA) is 76.8 Å². The molecule has 6 heteroatoms. The molecular weight excluding hydrogens is 256 g/mol. The maximum atomic E-state index is 5.79. The SMILES string of the molecule is CC(C)C1CC(Cc2nc(-c3ncc[nH]3)no2)CCO1.